The van der Waals surface area contributed by atoms with Crippen molar-refractivity contribution in [1.82, 2.24) is 25.0 Å². The Kier molecular flexibility index (Phi) is 2.19. The lowest BCUT2D eigenvalue weighted by Gasteiger charge is -1.97. The summed E-state index contributed by atoms with van der Waals surface area (Å²) in [5.74, 6) is 0.730. The molecule has 0 saturated heterocycles. The second-order valence-electron chi connectivity index (χ2n) is 2.85. The SMILES string of the molecule is Cc1ncc(-n2cc(CN)nn2)cn1. The second-order valence-corrected chi connectivity index (χ2v) is 2.85. The summed E-state index contributed by atoms with van der Waals surface area (Å²) in [5, 5.41) is 7.76. The normalized spacial score (nSPS) is 10.4. The first-order valence-electron chi connectivity index (χ1n) is 4.20. The van der Waals surface area contributed by atoms with Crippen LogP contribution in [0.5, 0.6) is 0 Å². The fourth-order valence-corrected chi connectivity index (χ4v) is 1.02. The van der Waals surface area contributed by atoms with Crippen LogP contribution < -0.4 is 5.73 Å². The number of hydrogen-bond acceptors (Lipinski definition) is 5. The van der Waals surface area contributed by atoms with Gasteiger partial charge in [0.1, 0.15) is 11.5 Å². The quantitative estimate of drug-likeness (QED) is 0.710. The number of nitrogens with two attached hydrogens (primary N) is 1. The van der Waals surface area contributed by atoms with Gasteiger partial charge in [0.25, 0.3) is 0 Å². The summed E-state index contributed by atoms with van der Waals surface area (Å²) in [4.78, 5) is 8.12. The molecule has 0 aliphatic rings. The predicted molar refractivity (Wildman–Crippen MR) is 49.6 cm³/mol. The van der Waals surface area contributed by atoms with E-state index < -0.39 is 0 Å². The lowest BCUT2D eigenvalue weighted by molar-refractivity contribution is 0.786. The lowest BCUT2D eigenvalue weighted by Crippen LogP contribution is -1.98. The maximum absolute atomic E-state index is 5.42. The molecule has 2 heterocycles. The number of aryl methyl sites for hydroxylation is 1. The Hall–Kier alpha value is -1.82. The van der Waals surface area contributed by atoms with E-state index in [1.54, 1.807) is 23.3 Å². The van der Waals surface area contributed by atoms with Crippen LogP contribution in [0.2, 0.25) is 0 Å². The van der Waals surface area contributed by atoms with E-state index in [9.17, 15) is 0 Å². The summed E-state index contributed by atoms with van der Waals surface area (Å²) in [6.07, 6.45) is 5.14. The van der Waals surface area contributed by atoms with Crippen LogP contribution in [-0.4, -0.2) is 25.0 Å². The highest BCUT2D eigenvalue weighted by Crippen LogP contribution is 2.02. The van der Waals surface area contributed by atoms with Crippen molar-refractivity contribution in [2.24, 2.45) is 5.73 Å². The van der Waals surface area contributed by atoms with Gasteiger partial charge < -0.3 is 5.73 Å². The van der Waals surface area contributed by atoms with E-state index in [2.05, 4.69) is 20.3 Å². The molecule has 2 N–H and O–H groups in total. The monoisotopic (exact) mass is 190 g/mol. The Morgan fingerprint density at radius 1 is 1.36 bits per heavy atom. The van der Waals surface area contributed by atoms with Crippen LogP contribution in [0, 0.1) is 6.92 Å². The van der Waals surface area contributed by atoms with E-state index >= 15 is 0 Å². The third kappa shape index (κ3) is 1.60. The van der Waals surface area contributed by atoms with Gasteiger partial charge in [0.2, 0.25) is 0 Å². The number of rotatable bonds is 2. The largest absolute Gasteiger partial charge is 0.325 e. The summed E-state index contributed by atoms with van der Waals surface area (Å²) >= 11 is 0. The fourth-order valence-electron chi connectivity index (χ4n) is 1.02. The van der Waals surface area contributed by atoms with Gasteiger partial charge in [0, 0.05) is 6.54 Å². The molecule has 0 amide bonds. The molecule has 0 aliphatic carbocycles. The van der Waals surface area contributed by atoms with Gasteiger partial charge in [-0.3, -0.25) is 0 Å². The molecule has 0 radical (unpaired) electrons. The van der Waals surface area contributed by atoms with E-state index in [-0.39, 0.29) is 0 Å². The first-order chi connectivity index (χ1) is 6.79. The smallest absolute Gasteiger partial charge is 0.125 e. The minimum atomic E-state index is 0.382. The van der Waals surface area contributed by atoms with Crippen LogP contribution in [0.15, 0.2) is 18.6 Å². The molecule has 72 valence electrons. The molecule has 0 spiro atoms. The maximum atomic E-state index is 5.42. The van der Waals surface area contributed by atoms with Crippen LogP contribution in [0.3, 0.4) is 0 Å². The summed E-state index contributed by atoms with van der Waals surface area (Å²) < 4.78 is 1.60. The zero-order valence-electron chi connectivity index (χ0n) is 7.75. The van der Waals surface area contributed by atoms with Crippen molar-refractivity contribution >= 4 is 0 Å². The van der Waals surface area contributed by atoms with E-state index in [4.69, 9.17) is 5.73 Å². The number of aromatic nitrogens is 5. The van der Waals surface area contributed by atoms with Gasteiger partial charge in [-0.1, -0.05) is 5.21 Å². The van der Waals surface area contributed by atoms with Crippen molar-refractivity contribution in [3.63, 3.8) is 0 Å². The highest BCUT2D eigenvalue weighted by atomic mass is 15.4. The molecule has 0 atom stereocenters. The maximum Gasteiger partial charge on any atom is 0.125 e. The molecule has 14 heavy (non-hydrogen) atoms. The van der Waals surface area contributed by atoms with Gasteiger partial charge in [-0.05, 0) is 6.92 Å². The Balaban J connectivity index is 2.34. The van der Waals surface area contributed by atoms with Crippen molar-refractivity contribution in [2.45, 2.75) is 13.5 Å². The van der Waals surface area contributed by atoms with Gasteiger partial charge in [-0.2, -0.15) is 0 Å². The molecule has 0 saturated carbocycles. The van der Waals surface area contributed by atoms with E-state index in [0.29, 0.717) is 6.54 Å². The average Bonchev–Trinajstić information content (AvgIpc) is 2.67. The van der Waals surface area contributed by atoms with Crippen molar-refractivity contribution in [1.29, 1.82) is 0 Å². The minimum absolute atomic E-state index is 0.382. The van der Waals surface area contributed by atoms with Gasteiger partial charge in [-0.15, -0.1) is 5.10 Å². The molecule has 6 nitrogen and oxygen atoms in total. The molecular formula is C8H10N6. The topological polar surface area (TPSA) is 82.5 Å². The number of nitrogens with zero attached hydrogens (tertiary/aromatic N) is 5. The Bertz CT molecular complexity index is 418. The van der Waals surface area contributed by atoms with Crippen molar-refractivity contribution in [3.05, 3.63) is 30.1 Å². The molecule has 6 heteroatoms. The van der Waals surface area contributed by atoms with E-state index in [0.717, 1.165) is 17.2 Å². The molecule has 0 unspecified atom stereocenters. The van der Waals surface area contributed by atoms with Crippen LogP contribution in [0.25, 0.3) is 5.69 Å². The molecule has 0 bridgehead atoms. The van der Waals surface area contributed by atoms with Gasteiger partial charge in [0.05, 0.1) is 24.3 Å². The van der Waals surface area contributed by atoms with Crippen LogP contribution >= 0.6 is 0 Å². The first kappa shape index (κ1) is 8.76. The van der Waals surface area contributed by atoms with E-state index in [1.165, 1.54) is 0 Å². The van der Waals surface area contributed by atoms with E-state index in [1.807, 2.05) is 6.92 Å². The lowest BCUT2D eigenvalue weighted by atomic mass is 10.4. The third-order valence-electron chi connectivity index (χ3n) is 1.78. The highest BCUT2D eigenvalue weighted by Gasteiger charge is 2.01. The third-order valence-corrected chi connectivity index (χ3v) is 1.78. The zero-order valence-corrected chi connectivity index (χ0v) is 7.75. The Morgan fingerprint density at radius 2 is 2.07 bits per heavy atom. The van der Waals surface area contributed by atoms with Crippen LogP contribution in [0.1, 0.15) is 11.5 Å². The molecule has 0 aliphatic heterocycles. The zero-order chi connectivity index (χ0) is 9.97. The summed E-state index contributed by atoms with van der Waals surface area (Å²) in [7, 11) is 0. The van der Waals surface area contributed by atoms with Crippen molar-refractivity contribution in [3.8, 4) is 5.69 Å². The average molecular weight is 190 g/mol. The molecule has 2 rings (SSSR count). The molecule has 0 fully saturated rings. The summed E-state index contributed by atoms with van der Waals surface area (Å²) in [5.41, 5.74) is 6.94. The number of hydrogen-bond donors (Lipinski definition) is 1. The molecule has 0 aromatic carbocycles. The van der Waals surface area contributed by atoms with Crippen molar-refractivity contribution < 1.29 is 0 Å². The fraction of sp³-hybridized carbons (Fsp3) is 0.250. The van der Waals surface area contributed by atoms with Crippen LogP contribution in [-0.2, 0) is 6.54 Å². The van der Waals surface area contributed by atoms with Gasteiger partial charge >= 0.3 is 0 Å². The van der Waals surface area contributed by atoms with Gasteiger partial charge in [-0.25, -0.2) is 14.6 Å². The minimum Gasteiger partial charge on any atom is -0.325 e. The molecule has 2 aromatic rings. The predicted octanol–water partition coefficient (Wildman–Crippen LogP) is -0.176. The standard InChI is InChI=1S/C8H10N6/c1-6-10-3-8(4-11-6)14-5-7(2-9)12-13-14/h3-5H,2,9H2,1H3. The van der Waals surface area contributed by atoms with Crippen molar-refractivity contribution in [2.75, 3.05) is 0 Å². The summed E-state index contributed by atoms with van der Waals surface area (Å²) in [6, 6.07) is 0. The Morgan fingerprint density at radius 3 is 2.64 bits per heavy atom. The van der Waals surface area contributed by atoms with Gasteiger partial charge in [0.15, 0.2) is 0 Å². The highest BCUT2D eigenvalue weighted by molar-refractivity contribution is 5.23. The molecular weight excluding hydrogens is 180 g/mol. The second kappa shape index (κ2) is 3.51. The van der Waals surface area contributed by atoms with Crippen LogP contribution in [0.4, 0.5) is 0 Å². The Labute approximate surface area is 80.8 Å². The molecule has 2 aromatic heterocycles. The first-order valence-corrected chi connectivity index (χ1v) is 4.20. The summed E-state index contributed by atoms with van der Waals surface area (Å²) in [6.45, 7) is 2.21.